The molecular formula is C18H27N3O2. The molecule has 1 amide bonds. The number of hydrogen-bond acceptors (Lipinski definition) is 4. The molecule has 5 nitrogen and oxygen atoms in total. The molecule has 2 rings (SSSR count). The molecule has 0 bridgehead atoms. The number of hydrogen-bond donors (Lipinski definition) is 0. The number of carbonyl (C=O) groups excluding carboxylic acids is 1. The van der Waals surface area contributed by atoms with Crippen LogP contribution in [0.5, 0.6) is 5.75 Å². The molecule has 1 aliphatic rings. The van der Waals surface area contributed by atoms with Crippen LogP contribution in [-0.2, 0) is 11.3 Å². The van der Waals surface area contributed by atoms with E-state index in [4.69, 9.17) is 4.74 Å². The minimum absolute atomic E-state index is 0.00392. The summed E-state index contributed by atoms with van der Waals surface area (Å²) in [5.41, 5.74) is 3.26. The number of methoxy groups -OCH3 is 1. The van der Waals surface area contributed by atoms with E-state index in [0.717, 1.165) is 55.0 Å². The highest BCUT2D eigenvalue weighted by Crippen LogP contribution is 2.26. The molecular weight excluding hydrogens is 290 g/mol. The largest absolute Gasteiger partial charge is 0.496 e. The summed E-state index contributed by atoms with van der Waals surface area (Å²) in [6.07, 6.45) is 5.24. The lowest BCUT2D eigenvalue weighted by molar-refractivity contribution is -0.127. The van der Waals surface area contributed by atoms with Crippen LogP contribution < -0.4 is 4.74 Å². The Labute approximate surface area is 138 Å². The molecule has 0 spiro atoms. The Morgan fingerprint density at radius 1 is 1.48 bits per heavy atom. The van der Waals surface area contributed by atoms with Gasteiger partial charge in [0.25, 0.3) is 0 Å². The standard InChI is InChI=1S/C18H27N3O2/c1-6-17(22)20(4)15-7-9-21(10-8-15)12-16-14(3)18(23-5)13(2)11-19-16/h6,11,15H,1,7-10,12H2,2-5H3. The number of ether oxygens (including phenoxy) is 1. The summed E-state index contributed by atoms with van der Waals surface area (Å²) in [5, 5.41) is 0. The van der Waals surface area contributed by atoms with Gasteiger partial charge in [-0.1, -0.05) is 6.58 Å². The normalized spacial score (nSPS) is 16.2. The zero-order valence-electron chi connectivity index (χ0n) is 14.6. The Morgan fingerprint density at radius 3 is 2.70 bits per heavy atom. The van der Waals surface area contributed by atoms with Gasteiger partial charge in [-0.05, 0) is 32.8 Å². The highest BCUT2D eigenvalue weighted by Gasteiger charge is 2.25. The van der Waals surface area contributed by atoms with Crippen LogP contribution in [0.2, 0.25) is 0 Å². The number of nitrogens with zero attached hydrogens (tertiary/aromatic N) is 3. The van der Waals surface area contributed by atoms with Gasteiger partial charge in [0.05, 0.1) is 12.8 Å². The fourth-order valence-corrected chi connectivity index (χ4v) is 3.23. The lowest BCUT2D eigenvalue weighted by atomic mass is 10.0. The van der Waals surface area contributed by atoms with Gasteiger partial charge in [0.15, 0.2) is 0 Å². The third-order valence-corrected chi connectivity index (χ3v) is 4.75. The van der Waals surface area contributed by atoms with Gasteiger partial charge >= 0.3 is 0 Å². The van der Waals surface area contributed by atoms with Crippen molar-refractivity contribution in [2.24, 2.45) is 0 Å². The predicted molar refractivity (Wildman–Crippen MR) is 91.5 cm³/mol. The second kappa shape index (κ2) is 7.59. The van der Waals surface area contributed by atoms with E-state index < -0.39 is 0 Å². The molecule has 0 unspecified atom stereocenters. The van der Waals surface area contributed by atoms with Gasteiger partial charge in [-0.25, -0.2) is 0 Å². The van der Waals surface area contributed by atoms with E-state index in [0.29, 0.717) is 6.04 Å². The van der Waals surface area contributed by atoms with Crippen LogP contribution in [0, 0.1) is 13.8 Å². The fourth-order valence-electron chi connectivity index (χ4n) is 3.23. The highest BCUT2D eigenvalue weighted by atomic mass is 16.5. The molecule has 0 N–H and O–H groups in total. The molecule has 0 aliphatic carbocycles. The molecule has 1 aliphatic heterocycles. The van der Waals surface area contributed by atoms with Gasteiger partial charge in [0.2, 0.25) is 5.91 Å². The van der Waals surface area contributed by atoms with Crippen LogP contribution in [-0.4, -0.2) is 54.0 Å². The number of amides is 1. The maximum absolute atomic E-state index is 11.7. The average Bonchev–Trinajstić information content (AvgIpc) is 2.57. The summed E-state index contributed by atoms with van der Waals surface area (Å²) in [6.45, 7) is 10.4. The maximum Gasteiger partial charge on any atom is 0.245 e. The quantitative estimate of drug-likeness (QED) is 0.782. The van der Waals surface area contributed by atoms with E-state index in [1.807, 2.05) is 25.1 Å². The first kappa shape index (κ1) is 17.5. The molecule has 23 heavy (non-hydrogen) atoms. The first-order valence-corrected chi connectivity index (χ1v) is 8.08. The zero-order valence-corrected chi connectivity index (χ0v) is 14.6. The Kier molecular flexibility index (Phi) is 5.77. The molecule has 1 saturated heterocycles. The van der Waals surface area contributed by atoms with Gasteiger partial charge in [0.1, 0.15) is 5.75 Å². The van der Waals surface area contributed by atoms with Gasteiger partial charge < -0.3 is 9.64 Å². The molecule has 0 aromatic carbocycles. The minimum atomic E-state index is 0.00392. The Hall–Kier alpha value is -1.88. The fraction of sp³-hybridized carbons (Fsp3) is 0.556. The first-order chi connectivity index (χ1) is 11.0. The van der Waals surface area contributed by atoms with Crippen molar-refractivity contribution in [2.45, 2.75) is 39.3 Å². The summed E-state index contributed by atoms with van der Waals surface area (Å²) in [4.78, 5) is 20.5. The Morgan fingerprint density at radius 2 is 2.13 bits per heavy atom. The molecule has 0 atom stereocenters. The second-order valence-electron chi connectivity index (χ2n) is 6.21. The van der Waals surface area contributed by atoms with Crippen LogP contribution in [0.15, 0.2) is 18.9 Å². The van der Waals surface area contributed by atoms with E-state index in [-0.39, 0.29) is 5.91 Å². The summed E-state index contributed by atoms with van der Waals surface area (Å²) < 4.78 is 5.48. The molecule has 1 aromatic rings. The van der Waals surface area contributed by atoms with E-state index in [2.05, 4.69) is 23.4 Å². The molecule has 1 aromatic heterocycles. The van der Waals surface area contributed by atoms with Crippen molar-refractivity contribution >= 4 is 5.91 Å². The van der Waals surface area contributed by atoms with Gasteiger partial charge in [-0.3, -0.25) is 14.7 Å². The van der Waals surface area contributed by atoms with Crippen molar-refractivity contribution in [3.63, 3.8) is 0 Å². The number of rotatable bonds is 5. The van der Waals surface area contributed by atoms with Crippen LogP contribution in [0.3, 0.4) is 0 Å². The third kappa shape index (κ3) is 3.91. The van der Waals surface area contributed by atoms with Gasteiger partial charge in [0, 0.05) is 50.0 Å². The molecule has 0 saturated carbocycles. The first-order valence-electron chi connectivity index (χ1n) is 8.08. The molecule has 0 radical (unpaired) electrons. The third-order valence-electron chi connectivity index (χ3n) is 4.75. The molecule has 126 valence electrons. The second-order valence-corrected chi connectivity index (χ2v) is 6.21. The lowest BCUT2D eigenvalue weighted by Crippen LogP contribution is -2.45. The number of pyridine rings is 1. The van der Waals surface area contributed by atoms with Crippen molar-refractivity contribution < 1.29 is 9.53 Å². The van der Waals surface area contributed by atoms with Crippen LogP contribution in [0.4, 0.5) is 0 Å². The summed E-state index contributed by atoms with van der Waals surface area (Å²) in [6, 6.07) is 0.304. The van der Waals surface area contributed by atoms with Crippen LogP contribution >= 0.6 is 0 Å². The van der Waals surface area contributed by atoms with Crippen molar-refractivity contribution in [3.8, 4) is 5.75 Å². The van der Waals surface area contributed by atoms with E-state index in [1.54, 1.807) is 7.11 Å². The van der Waals surface area contributed by atoms with E-state index in [1.165, 1.54) is 6.08 Å². The number of aromatic nitrogens is 1. The van der Waals surface area contributed by atoms with Gasteiger partial charge in [-0.15, -0.1) is 0 Å². The topological polar surface area (TPSA) is 45.7 Å². The van der Waals surface area contributed by atoms with Crippen molar-refractivity contribution in [1.29, 1.82) is 0 Å². The zero-order chi connectivity index (χ0) is 17.0. The molecule has 1 fully saturated rings. The number of piperidine rings is 1. The van der Waals surface area contributed by atoms with Crippen LogP contribution in [0.25, 0.3) is 0 Å². The maximum atomic E-state index is 11.7. The minimum Gasteiger partial charge on any atom is -0.496 e. The number of likely N-dealkylation sites (N-methyl/N-ethyl adjacent to an activating group) is 1. The number of carbonyl (C=O) groups is 1. The number of aryl methyl sites for hydroxylation is 1. The van der Waals surface area contributed by atoms with Crippen LogP contribution in [0.1, 0.15) is 29.7 Å². The summed E-state index contributed by atoms with van der Waals surface area (Å²) in [5.74, 6) is 0.936. The van der Waals surface area contributed by atoms with Gasteiger partial charge in [-0.2, -0.15) is 0 Å². The average molecular weight is 317 g/mol. The highest BCUT2D eigenvalue weighted by molar-refractivity contribution is 5.87. The SMILES string of the molecule is C=CC(=O)N(C)C1CCN(Cc2ncc(C)c(OC)c2C)CC1. The predicted octanol–water partition coefficient (Wildman–Crippen LogP) is 2.32. The summed E-state index contributed by atoms with van der Waals surface area (Å²) >= 11 is 0. The molecule has 2 heterocycles. The number of likely N-dealkylation sites (tertiary alicyclic amines) is 1. The monoisotopic (exact) mass is 317 g/mol. The summed E-state index contributed by atoms with van der Waals surface area (Å²) in [7, 11) is 3.57. The Balaban J connectivity index is 1.97. The molecule has 5 heteroatoms. The van der Waals surface area contributed by atoms with E-state index in [9.17, 15) is 4.79 Å². The smallest absolute Gasteiger partial charge is 0.245 e. The van der Waals surface area contributed by atoms with Crippen molar-refractivity contribution in [3.05, 3.63) is 35.7 Å². The lowest BCUT2D eigenvalue weighted by Gasteiger charge is -2.36. The van der Waals surface area contributed by atoms with Crippen molar-refractivity contribution in [2.75, 3.05) is 27.2 Å². The Bertz CT molecular complexity index is 578. The van der Waals surface area contributed by atoms with Crippen molar-refractivity contribution in [1.82, 2.24) is 14.8 Å². The van der Waals surface area contributed by atoms with E-state index >= 15 is 0 Å².